The highest BCUT2D eigenvalue weighted by atomic mass is 35.5. The zero-order valence-electron chi connectivity index (χ0n) is 11.2. The molecular weight excluding hydrogens is 260 g/mol. The number of carbonyl (C=O) groups is 1. The van der Waals surface area contributed by atoms with Crippen LogP contribution in [0, 0.1) is 6.92 Å². The summed E-state index contributed by atoms with van der Waals surface area (Å²) in [5.74, 6) is 0.0956. The second-order valence-corrected chi connectivity index (χ2v) is 4.76. The van der Waals surface area contributed by atoms with Gasteiger partial charge in [-0.25, -0.2) is 0 Å². The molecule has 0 spiro atoms. The smallest absolute Gasteiger partial charge is 0.224 e. The predicted molar refractivity (Wildman–Crippen MR) is 80.7 cm³/mol. The van der Waals surface area contributed by atoms with Crippen molar-refractivity contribution in [3.05, 3.63) is 47.0 Å². The van der Waals surface area contributed by atoms with Gasteiger partial charge >= 0.3 is 0 Å². The molecule has 0 aliphatic carbocycles. The van der Waals surface area contributed by atoms with E-state index in [2.05, 4.69) is 16.7 Å². The number of rotatable bonds is 4. The van der Waals surface area contributed by atoms with Crippen molar-refractivity contribution in [2.45, 2.75) is 19.8 Å². The van der Waals surface area contributed by atoms with Gasteiger partial charge in [0, 0.05) is 13.1 Å². The minimum atomic E-state index is 0. The number of carbonyl (C=O) groups excluding carboxylic acids is 1. The summed E-state index contributed by atoms with van der Waals surface area (Å²) in [4.78, 5) is 11.8. The number of nitrogens with one attached hydrogen (secondary N) is 2. The topological polar surface area (TPSA) is 41.1 Å². The Morgan fingerprint density at radius 2 is 2.05 bits per heavy atom. The van der Waals surface area contributed by atoms with Gasteiger partial charge in [-0.2, -0.15) is 0 Å². The molecule has 2 N–H and O–H groups in total. The molecule has 4 heteroatoms. The van der Waals surface area contributed by atoms with Crippen LogP contribution in [0.2, 0.25) is 0 Å². The van der Waals surface area contributed by atoms with E-state index in [0.29, 0.717) is 13.0 Å². The Hall–Kier alpha value is -1.32. The van der Waals surface area contributed by atoms with Crippen molar-refractivity contribution in [1.82, 2.24) is 10.6 Å². The van der Waals surface area contributed by atoms with Crippen LogP contribution in [0.3, 0.4) is 0 Å². The van der Waals surface area contributed by atoms with Crippen LogP contribution in [0.25, 0.3) is 0 Å². The highest BCUT2D eigenvalue weighted by Gasteiger charge is 2.06. The van der Waals surface area contributed by atoms with E-state index in [1.807, 2.05) is 31.2 Å². The lowest BCUT2D eigenvalue weighted by atomic mass is 10.1. The maximum Gasteiger partial charge on any atom is 0.224 e. The molecule has 1 aromatic rings. The minimum Gasteiger partial charge on any atom is -0.352 e. The molecule has 0 bridgehead atoms. The molecular formula is C15H21ClN2O. The second-order valence-electron chi connectivity index (χ2n) is 4.76. The van der Waals surface area contributed by atoms with Crippen molar-refractivity contribution >= 4 is 18.3 Å². The van der Waals surface area contributed by atoms with Gasteiger partial charge in [0.15, 0.2) is 0 Å². The third kappa shape index (κ3) is 5.45. The molecule has 104 valence electrons. The maximum absolute atomic E-state index is 11.8. The standard InChI is InChI=1S/C15H20N2O.ClH/c1-12-2-4-13(5-3-12)10-15(18)17-11-14-6-8-16-9-7-14;/h2-6,16H,7-11H2,1H3,(H,17,18);1H. The molecule has 3 nitrogen and oxygen atoms in total. The summed E-state index contributed by atoms with van der Waals surface area (Å²) in [5.41, 5.74) is 3.61. The van der Waals surface area contributed by atoms with Crippen LogP contribution in [-0.4, -0.2) is 25.5 Å². The van der Waals surface area contributed by atoms with E-state index in [1.165, 1.54) is 11.1 Å². The fourth-order valence-corrected chi connectivity index (χ4v) is 2.00. The van der Waals surface area contributed by atoms with E-state index in [-0.39, 0.29) is 18.3 Å². The van der Waals surface area contributed by atoms with Crippen LogP contribution >= 0.6 is 12.4 Å². The lowest BCUT2D eigenvalue weighted by molar-refractivity contribution is -0.120. The Bertz CT molecular complexity index is 440. The fourth-order valence-electron chi connectivity index (χ4n) is 2.00. The largest absolute Gasteiger partial charge is 0.352 e. The van der Waals surface area contributed by atoms with E-state index in [1.54, 1.807) is 0 Å². The average molecular weight is 281 g/mol. The molecule has 0 saturated heterocycles. The van der Waals surface area contributed by atoms with Gasteiger partial charge in [0.2, 0.25) is 5.91 Å². The van der Waals surface area contributed by atoms with Crippen LogP contribution in [0.1, 0.15) is 17.5 Å². The second kappa shape index (κ2) is 7.97. The van der Waals surface area contributed by atoms with Gasteiger partial charge in [0.1, 0.15) is 0 Å². The summed E-state index contributed by atoms with van der Waals surface area (Å²) in [6, 6.07) is 8.10. The van der Waals surface area contributed by atoms with Crippen molar-refractivity contribution in [2.24, 2.45) is 0 Å². The Labute approximate surface area is 120 Å². The summed E-state index contributed by atoms with van der Waals surface area (Å²) in [6.45, 7) is 4.67. The van der Waals surface area contributed by atoms with E-state index < -0.39 is 0 Å². The number of hydrogen-bond donors (Lipinski definition) is 2. The number of aryl methyl sites for hydroxylation is 1. The van der Waals surface area contributed by atoms with Crippen molar-refractivity contribution in [2.75, 3.05) is 19.6 Å². The highest BCUT2D eigenvalue weighted by Crippen LogP contribution is 2.05. The molecule has 2 rings (SSSR count). The third-order valence-corrected chi connectivity index (χ3v) is 3.16. The third-order valence-electron chi connectivity index (χ3n) is 3.16. The van der Waals surface area contributed by atoms with Crippen LogP contribution in [-0.2, 0) is 11.2 Å². The van der Waals surface area contributed by atoms with Crippen molar-refractivity contribution in [1.29, 1.82) is 0 Å². The number of halogens is 1. The van der Waals surface area contributed by atoms with Crippen molar-refractivity contribution in [3.8, 4) is 0 Å². The molecule has 0 aromatic heterocycles. The van der Waals surface area contributed by atoms with Gasteiger partial charge in [0.05, 0.1) is 6.42 Å². The zero-order chi connectivity index (χ0) is 12.8. The average Bonchev–Trinajstić information content (AvgIpc) is 2.40. The molecule has 19 heavy (non-hydrogen) atoms. The van der Waals surface area contributed by atoms with Gasteiger partial charge in [-0.1, -0.05) is 41.5 Å². The summed E-state index contributed by atoms with van der Waals surface area (Å²) >= 11 is 0. The first-order valence-electron chi connectivity index (χ1n) is 6.45. The minimum absolute atomic E-state index is 0. The Morgan fingerprint density at radius 3 is 2.68 bits per heavy atom. The van der Waals surface area contributed by atoms with Gasteiger partial charge in [-0.15, -0.1) is 12.4 Å². The summed E-state index contributed by atoms with van der Waals surface area (Å²) in [7, 11) is 0. The molecule has 1 aliphatic rings. The first-order chi connectivity index (χ1) is 8.74. The van der Waals surface area contributed by atoms with Crippen LogP contribution in [0.15, 0.2) is 35.9 Å². The normalized spacial score (nSPS) is 14.3. The first-order valence-corrected chi connectivity index (χ1v) is 6.45. The molecule has 1 aromatic carbocycles. The van der Waals surface area contributed by atoms with Gasteiger partial charge in [0.25, 0.3) is 0 Å². The monoisotopic (exact) mass is 280 g/mol. The lowest BCUT2D eigenvalue weighted by Crippen LogP contribution is -2.30. The molecule has 1 aliphatic heterocycles. The van der Waals surface area contributed by atoms with Gasteiger partial charge in [-0.05, 0) is 25.5 Å². The first kappa shape index (κ1) is 15.7. The van der Waals surface area contributed by atoms with Gasteiger partial charge < -0.3 is 10.6 Å². The number of hydrogen-bond acceptors (Lipinski definition) is 2. The zero-order valence-corrected chi connectivity index (χ0v) is 12.1. The van der Waals surface area contributed by atoms with E-state index >= 15 is 0 Å². The number of benzene rings is 1. The highest BCUT2D eigenvalue weighted by molar-refractivity contribution is 5.85. The SMILES string of the molecule is Cc1ccc(CC(=O)NCC2=CCNCC2)cc1.Cl. The van der Waals surface area contributed by atoms with Crippen LogP contribution in [0.5, 0.6) is 0 Å². The maximum atomic E-state index is 11.8. The lowest BCUT2D eigenvalue weighted by Gasteiger charge is -2.14. The van der Waals surface area contributed by atoms with Crippen molar-refractivity contribution < 1.29 is 4.79 Å². The predicted octanol–water partition coefficient (Wildman–Crippen LogP) is 2.00. The summed E-state index contributed by atoms with van der Waals surface area (Å²) in [6.07, 6.45) is 3.66. The number of amides is 1. The Morgan fingerprint density at radius 1 is 1.32 bits per heavy atom. The Kier molecular flexibility index (Phi) is 6.60. The molecule has 0 radical (unpaired) electrons. The molecule has 0 unspecified atom stereocenters. The van der Waals surface area contributed by atoms with E-state index in [4.69, 9.17) is 0 Å². The molecule has 1 heterocycles. The van der Waals surface area contributed by atoms with Crippen molar-refractivity contribution in [3.63, 3.8) is 0 Å². The van der Waals surface area contributed by atoms with Gasteiger partial charge in [-0.3, -0.25) is 4.79 Å². The molecule has 1 amide bonds. The van der Waals surface area contributed by atoms with E-state index in [9.17, 15) is 4.79 Å². The van der Waals surface area contributed by atoms with Crippen LogP contribution in [0.4, 0.5) is 0 Å². The van der Waals surface area contributed by atoms with E-state index in [0.717, 1.165) is 25.1 Å². The summed E-state index contributed by atoms with van der Waals surface area (Å²) < 4.78 is 0. The molecule has 0 fully saturated rings. The molecule has 0 atom stereocenters. The van der Waals surface area contributed by atoms with Crippen LogP contribution < -0.4 is 10.6 Å². The Balaban J connectivity index is 0.00000180. The fraction of sp³-hybridized carbons (Fsp3) is 0.400. The summed E-state index contributed by atoms with van der Waals surface area (Å²) in [5, 5.41) is 6.24. The quantitative estimate of drug-likeness (QED) is 0.829. The molecule has 0 saturated carbocycles.